The van der Waals surface area contributed by atoms with Gasteiger partial charge in [0.2, 0.25) is 0 Å². The molecule has 2 rings (SSSR count). The fraction of sp³-hybridized carbons (Fsp3) is 0.263. The molecule has 0 aliphatic rings. The molecule has 1 atom stereocenters. The Labute approximate surface area is 146 Å². The number of benzene rings is 2. The Bertz CT molecular complexity index is 744. The van der Waals surface area contributed by atoms with Crippen LogP contribution in [-0.4, -0.2) is 31.7 Å². The predicted molar refractivity (Wildman–Crippen MR) is 94.1 cm³/mol. The molecule has 0 aliphatic heterocycles. The zero-order valence-corrected chi connectivity index (χ0v) is 14.4. The summed E-state index contributed by atoms with van der Waals surface area (Å²) < 4.78 is 15.8. The number of hydrogen-bond donors (Lipinski definition) is 1. The van der Waals surface area contributed by atoms with Crippen LogP contribution in [0.3, 0.4) is 0 Å². The van der Waals surface area contributed by atoms with Crippen molar-refractivity contribution in [1.29, 1.82) is 0 Å². The van der Waals surface area contributed by atoms with Crippen molar-refractivity contribution in [2.24, 2.45) is 0 Å². The lowest BCUT2D eigenvalue weighted by atomic mass is 10.1. The lowest BCUT2D eigenvalue weighted by molar-refractivity contribution is -0.122. The molecule has 0 aromatic heterocycles. The highest BCUT2D eigenvalue weighted by Gasteiger charge is 2.19. The Morgan fingerprint density at radius 1 is 1.08 bits per heavy atom. The van der Waals surface area contributed by atoms with Gasteiger partial charge in [0.25, 0.3) is 5.91 Å². The van der Waals surface area contributed by atoms with Gasteiger partial charge in [-0.15, -0.1) is 0 Å². The van der Waals surface area contributed by atoms with E-state index in [1.165, 1.54) is 0 Å². The van der Waals surface area contributed by atoms with E-state index in [-0.39, 0.29) is 12.5 Å². The van der Waals surface area contributed by atoms with E-state index in [0.29, 0.717) is 22.7 Å². The van der Waals surface area contributed by atoms with Crippen molar-refractivity contribution in [3.63, 3.8) is 0 Å². The first kappa shape index (κ1) is 18.3. The van der Waals surface area contributed by atoms with Crippen molar-refractivity contribution in [3.05, 3.63) is 54.1 Å². The van der Waals surface area contributed by atoms with E-state index in [9.17, 15) is 9.59 Å². The van der Waals surface area contributed by atoms with Crippen LogP contribution in [0.1, 0.15) is 24.2 Å². The van der Waals surface area contributed by atoms with Gasteiger partial charge in [-0.05, 0) is 38.1 Å². The van der Waals surface area contributed by atoms with Gasteiger partial charge >= 0.3 is 5.97 Å². The Morgan fingerprint density at radius 3 is 2.52 bits per heavy atom. The van der Waals surface area contributed by atoms with Gasteiger partial charge in [-0.2, -0.15) is 0 Å². The molecule has 0 heterocycles. The van der Waals surface area contributed by atoms with E-state index < -0.39 is 12.1 Å². The van der Waals surface area contributed by atoms with Crippen LogP contribution < -0.4 is 14.8 Å². The van der Waals surface area contributed by atoms with Gasteiger partial charge in [-0.3, -0.25) is 4.79 Å². The topological polar surface area (TPSA) is 73.9 Å². The smallest absolute Gasteiger partial charge is 0.340 e. The number of methoxy groups -OCH3 is 1. The van der Waals surface area contributed by atoms with Crippen LogP contribution in [0.4, 0.5) is 5.69 Å². The minimum Gasteiger partial charge on any atom is -0.497 e. The standard InChI is InChI=1S/C19H21NO5/c1-4-24-19(22)16-10-5-6-11-17(16)20-18(21)13(2)25-15-9-7-8-14(12-15)23-3/h5-13H,4H2,1-3H3,(H,20,21). The maximum absolute atomic E-state index is 12.4. The van der Waals surface area contributed by atoms with Crippen molar-refractivity contribution in [2.75, 3.05) is 19.0 Å². The summed E-state index contributed by atoms with van der Waals surface area (Å²) in [5.74, 6) is 0.290. The van der Waals surface area contributed by atoms with Gasteiger partial charge < -0.3 is 19.5 Å². The molecule has 6 heteroatoms. The summed E-state index contributed by atoms with van der Waals surface area (Å²) in [6.07, 6.45) is -0.762. The minimum absolute atomic E-state index is 0.260. The summed E-state index contributed by atoms with van der Waals surface area (Å²) in [5, 5.41) is 2.70. The van der Waals surface area contributed by atoms with Crippen molar-refractivity contribution >= 4 is 17.6 Å². The van der Waals surface area contributed by atoms with E-state index in [0.717, 1.165) is 0 Å². The molecule has 1 N–H and O–H groups in total. The van der Waals surface area contributed by atoms with Crippen LogP contribution in [0.15, 0.2) is 48.5 Å². The molecule has 0 spiro atoms. The van der Waals surface area contributed by atoms with Crippen molar-refractivity contribution in [2.45, 2.75) is 20.0 Å². The Morgan fingerprint density at radius 2 is 1.80 bits per heavy atom. The van der Waals surface area contributed by atoms with Gasteiger partial charge in [-0.1, -0.05) is 18.2 Å². The molecule has 2 aromatic carbocycles. The monoisotopic (exact) mass is 343 g/mol. The molecular weight excluding hydrogens is 322 g/mol. The van der Waals surface area contributed by atoms with Gasteiger partial charge in [0.1, 0.15) is 11.5 Å². The highest BCUT2D eigenvalue weighted by atomic mass is 16.5. The molecule has 0 bridgehead atoms. The van der Waals surface area contributed by atoms with Crippen LogP contribution in [-0.2, 0) is 9.53 Å². The average molecular weight is 343 g/mol. The second-order valence-corrected chi connectivity index (χ2v) is 5.19. The third-order valence-electron chi connectivity index (χ3n) is 3.40. The molecule has 25 heavy (non-hydrogen) atoms. The number of carbonyl (C=O) groups excluding carboxylic acids is 2. The molecule has 0 saturated heterocycles. The lowest BCUT2D eigenvalue weighted by Gasteiger charge is -2.16. The Kier molecular flexibility index (Phi) is 6.39. The molecule has 132 valence electrons. The lowest BCUT2D eigenvalue weighted by Crippen LogP contribution is -2.30. The number of amides is 1. The van der Waals surface area contributed by atoms with Crippen LogP contribution in [0.5, 0.6) is 11.5 Å². The van der Waals surface area contributed by atoms with E-state index in [4.69, 9.17) is 14.2 Å². The second-order valence-electron chi connectivity index (χ2n) is 5.19. The van der Waals surface area contributed by atoms with E-state index in [1.807, 2.05) is 0 Å². The summed E-state index contributed by atoms with van der Waals surface area (Å²) in [7, 11) is 1.56. The average Bonchev–Trinajstić information content (AvgIpc) is 2.62. The van der Waals surface area contributed by atoms with Gasteiger partial charge in [0.15, 0.2) is 6.10 Å². The van der Waals surface area contributed by atoms with Gasteiger partial charge in [-0.25, -0.2) is 4.79 Å². The molecule has 2 aromatic rings. The number of carbonyl (C=O) groups is 2. The summed E-state index contributed by atoms with van der Waals surface area (Å²) in [4.78, 5) is 24.3. The number of esters is 1. The Balaban J connectivity index is 2.07. The summed E-state index contributed by atoms with van der Waals surface area (Å²) >= 11 is 0. The number of rotatable bonds is 7. The first-order chi connectivity index (χ1) is 12.0. The first-order valence-electron chi connectivity index (χ1n) is 7.93. The molecule has 1 unspecified atom stereocenters. The Hall–Kier alpha value is -3.02. The van der Waals surface area contributed by atoms with E-state index in [2.05, 4.69) is 5.32 Å². The third-order valence-corrected chi connectivity index (χ3v) is 3.40. The molecule has 0 radical (unpaired) electrons. The van der Waals surface area contributed by atoms with Crippen LogP contribution in [0.2, 0.25) is 0 Å². The highest BCUT2D eigenvalue weighted by Crippen LogP contribution is 2.21. The SMILES string of the molecule is CCOC(=O)c1ccccc1NC(=O)C(C)Oc1cccc(OC)c1. The normalized spacial score (nSPS) is 11.3. The summed E-state index contributed by atoms with van der Waals surface area (Å²) in [5.41, 5.74) is 0.679. The number of ether oxygens (including phenoxy) is 3. The first-order valence-corrected chi connectivity index (χ1v) is 7.93. The molecule has 0 saturated carbocycles. The fourth-order valence-electron chi connectivity index (χ4n) is 2.15. The minimum atomic E-state index is -0.762. The molecule has 1 amide bonds. The second kappa shape index (κ2) is 8.73. The number of anilines is 1. The predicted octanol–water partition coefficient (Wildman–Crippen LogP) is 3.28. The number of nitrogens with one attached hydrogen (secondary N) is 1. The van der Waals surface area contributed by atoms with Crippen molar-refractivity contribution in [1.82, 2.24) is 0 Å². The zero-order valence-electron chi connectivity index (χ0n) is 14.4. The number of para-hydroxylation sites is 1. The zero-order chi connectivity index (χ0) is 18.2. The quantitative estimate of drug-likeness (QED) is 0.781. The third kappa shape index (κ3) is 4.97. The molecule has 6 nitrogen and oxygen atoms in total. The van der Waals surface area contributed by atoms with Crippen LogP contribution in [0, 0.1) is 0 Å². The van der Waals surface area contributed by atoms with Crippen molar-refractivity contribution in [3.8, 4) is 11.5 Å². The van der Waals surface area contributed by atoms with Crippen LogP contribution >= 0.6 is 0 Å². The fourth-order valence-corrected chi connectivity index (χ4v) is 2.15. The molecule has 0 fully saturated rings. The van der Waals surface area contributed by atoms with Crippen LogP contribution in [0.25, 0.3) is 0 Å². The summed E-state index contributed by atoms with van der Waals surface area (Å²) in [6.45, 7) is 3.61. The van der Waals surface area contributed by atoms with Gasteiger partial charge in [0.05, 0.1) is 25.0 Å². The molecule has 0 aliphatic carbocycles. The highest BCUT2D eigenvalue weighted by molar-refractivity contribution is 6.02. The van der Waals surface area contributed by atoms with E-state index >= 15 is 0 Å². The van der Waals surface area contributed by atoms with Gasteiger partial charge in [0, 0.05) is 6.07 Å². The molecular formula is C19H21NO5. The largest absolute Gasteiger partial charge is 0.497 e. The number of hydrogen-bond acceptors (Lipinski definition) is 5. The van der Waals surface area contributed by atoms with E-state index in [1.54, 1.807) is 69.5 Å². The maximum Gasteiger partial charge on any atom is 0.340 e. The summed E-state index contributed by atoms with van der Waals surface area (Å²) in [6, 6.07) is 13.7. The maximum atomic E-state index is 12.4. The van der Waals surface area contributed by atoms with Crippen molar-refractivity contribution < 1.29 is 23.8 Å².